The molecule has 1 aliphatic rings. The minimum Gasteiger partial charge on any atom is -0.444 e. The molecule has 2 heterocycles. The van der Waals surface area contributed by atoms with Crippen molar-refractivity contribution in [2.45, 2.75) is 45.1 Å². The third kappa shape index (κ3) is 7.23. The van der Waals surface area contributed by atoms with Gasteiger partial charge in [-0.2, -0.15) is 0 Å². The van der Waals surface area contributed by atoms with Crippen LogP contribution in [-0.4, -0.2) is 55.1 Å². The lowest BCUT2D eigenvalue weighted by atomic mass is 10.0. The van der Waals surface area contributed by atoms with Crippen molar-refractivity contribution in [3.63, 3.8) is 0 Å². The number of rotatable bonds is 8. The first-order chi connectivity index (χ1) is 14.2. The van der Waals surface area contributed by atoms with E-state index in [9.17, 15) is 4.39 Å². The molecule has 1 fully saturated rings. The molecule has 3 rings (SSSR count). The molecule has 0 bridgehead atoms. The van der Waals surface area contributed by atoms with Gasteiger partial charge in [-0.25, -0.2) is 9.37 Å². The number of hydrogen-bond donors (Lipinski definition) is 2. The molecule has 0 radical (unpaired) electrons. The van der Waals surface area contributed by atoms with Crippen molar-refractivity contribution in [1.82, 2.24) is 20.5 Å². The summed E-state index contributed by atoms with van der Waals surface area (Å²) in [6.07, 6.45) is 7.58. The fraction of sp³-hybridized carbons (Fsp3) is 0.545. The van der Waals surface area contributed by atoms with E-state index in [1.54, 1.807) is 25.4 Å². The quantitative estimate of drug-likeness (QED) is 0.307. The van der Waals surface area contributed by atoms with Crippen LogP contribution in [0.25, 0.3) is 11.5 Å². The van der Waals surface area contributed by atoms with Gasteiger partial charge in [0.05, 0.1) is 5.69 Å². The lowest BCUT2D eigenvalue weighted by Crippen LogP contribution is -2.46. The number of oxazole rings is 1. The van der Waals surface area contributed by atoms with Crippen molar-refractivity contribution in [1.29, 1.82) is 0 Å². The first-order valence-electron chi connectivity index (χ1n) is 10.6. The van der Waals surface area contributed by atoms with E-state index in [0.29, 0.717) is 12.4 Å². The molecule has 6 nitrogen and oxygen atoms in total. The topological polar surface area (TPSA) is 65.7 Å². The normalized spacial score (nSPS) is 17.4. The number of aliphatic imine (C=N–C) groups is 1. The SMILES string of the molecule is CCC1CCCCN1CCNC(=NC)NCCc1coc(-c2ccc(F)cc2)n1.I. The molecule has 1 unspecified atom stereocenters. The molecule has 0 saturated carbocycles. The lowest BCUT2D eigenvalue weighted by Gasteiger charge is -2.35. The molecule has 1 saturated heterocycles. The van der Waals surface area contributed by atoms with Gasteiger partial charge in [0.25, 0.3) is 0 Å². The standard InChI is InChI=1S/C22H32FN5O.HI/c1-3-20-6-4-5-14-28(20)15-13-26-22(24-2)25-12-11-19-16-29-21(27-19)17-7-9-18(23)10-8-17;/h7-10,16,20H,3-6,11-15H2,1-2H3,(H2,24,25,26);1H. The Labute approximate surface area is 195 Å². The number of guanidine groups is 1. The Balaban J connectivity index is 0.00000320. The molecule has 166 valence electrons. The van der Waals surface area contributed by atoms with E-state index in [2.05, 4.69) is 32.4 Å². The Kier molecular flexibility index (Phi) is 10.6. The Morgan fingerprint density at radius 3 is 2.73 bits per heavy atom. The molecule has 0 spiro atoms. The van der Waals surface area contributed by atoms with Crippen molar-refractivity contribution in [2.75, 3.05) is 33.2 Å². The summed E-state index contributed by atoms with van der Waals surface area (Å²) in [6, 6.07) is 6.87. The molecule has 30 heavy (non-hydrogen) atoms. The Bertz CT molecular complexity index is 780. The summed E-state index contributed by atoms with van der Waals surface area (Å²) in [6.45, 7) is 6.12. The minimum absolute atomic E-state index is 0. The van der Waals surface area contributed by atoms with Crippen molar-refractivity contribution in [3.05, 3.63) is 42.0 Å². The average Bonchev–Trinajstić information content (AvgIpc) is 3.22. The summed E-state index contributed by atoms with van der Waals surface area (Å²) in [5, 5.41) is 6.73. The maximum absolute atomic E-state index is 13.0. The molecule has 1 aromatic heterocycles. The van der Waals surface area contributed by atoms with Gasteiger partial charge in [0.1, 0.15) is 12.1 Å². The summed E-state index contributed by atoms with van der Waals surface area (Å²) in [4.78, 5) is 11.4. The van der Waals surface area contributed by atoms with Crippen molar-refractivity contribution in [2.24, 2.45) is 4.99 Å². The predicted octanol–water partition coefficient (Wildman–Crippen LogP) is 4.07. The van der Waals surface area contributed by atoms with Crippen LogP contribution in [0.4, 0.5) is 4.39 Å². The Hall–Kier alpha value is -1.68. The first-order valence-corrected chi connectivity index (χ1v) is 10.6. The zero-order chi connectivity index (χ0) is 20.5. The lowest BCUT2D eigenvalue weighted by molar-refractivity contribution is 0.147. The number of likely N-dealkylation sites (tertiary alicyclic amines) is 1. The van der Waals surface area contributed by atoms with E-state index in [1.807, 2.05) is 0 Å². The van der Waals surface area contributed by atoms with E-state index in [4.69, 9.17) is 4.42 Å². The highest BCUT2D eigenvalue weighted by atomic mass is 127. The molecular weight excluding hydrogens is 496 g/mol. The number of nitrogens with zero attached hydrogens (tertiary/aromatic N) is 3. The predicted molar refractivity (Wildman–Crippen MR) is 130 cm³/mol. The van der Waals surface area contributed by atoms with E-state index in [1.165, 1.54) is 44.4 Å². The second-order valence-electron chi connectivity index (χ2n) is 7.42. The van der Waals surface area contributed by atoms with Crippen LogP contribution >= 0.6 is 24.0 Å². The van der Waals surface area contributed by atoms with Crippen LogP contribution in [0.2, 0.25) is 0 Å². The number of halogens is 2. The third-order valence-corrected chi connectivity index (χ3v) is 5.45. The highest BCUT2D eigenvalue weighted by molar-refractivity contribution is 14.0. The highest BCUT2D eigenvalue weighted by Gasteiger charge is 2.19. The van der Waals surface area contributed by atoms with Gasteiger partial charge in [-0.15, -0.1) is 24.0 Å². The van der Waals surface area contributed by atoms with Crippen LogP contribution in [0.15, 0.2) is 39.9 Å². The van der Waals surface area contributed by atoms with Gasteiger partial charge in [-0.1, -0.05) is 13.3 Å². The van der Waals surface area contributed by atoms with Crippen LogP contribution in [0.5, 0.6) is 0 Å². The fourth-order valence-corrected chi connectivity index (χ4v) is 3.81. The maximum atomic E-state index is 13.0. The van der Waals surface area contributed by atoms with Crippen molar-refractivity contribution < 1.29 is 8.81 Å². The first kappa shape index (κ1) is 24.6. The molecule has 1 aromatic carbocycles. The number of piperidine rings is 1. The minimum atomic E-state index is -0.269. The van der Waals surface area contributed by atoms with Crippen LogP contribution in [-0.2, 0) is 6.42 Å². The number of benzene rings is 1. The molecule has 8 heteroatoms. The summed E-state index contributed by atoms with van der Waals surface area (Å²) in [5.41, 5.74) is 1.62. The van der Waals surface area contributed by atoms with Gasteiger partial charge in [0.2, 0.25) is 5.89 Å². The molecule has 1 aliphatic heterocycles. The fourth-order valence-electron chi connectivity index (χ4n) is 3.81. The van der Waals surface area contributed by atoms with Gasteiger partial charge in [-0.05, 0) is 50.1 Å². The Morgan fingerprint density at radius 1 is 1.23 bits per heavy atom. The molecule has 2 aromatic rings. The summed E-state index contributed by atoms with van der Waals surface area (Å²) in [5.74, 6) is 1.04. The number of nitrogens with one attached hydrogen (secondary N) is 2. The average molecular weight is 529 g/mol. The maximum Gasteiger partial charge on any atom is 0.226 e. The monoisotopic (exact) mass is 529 g/mol. The summed E-state index contributed by atoms with van der Waals surface area (Å²) in [7, 11) is 1.79. The smallest absolute Gasteiger partial charge is 0.226 e. The van der Waals surface area contributed by atoms with Crippen molar-refractivity contribution >= 4 is 29.9 Å². The molecule has 0 aliphatic carbocycles. The van der Waals surface area contributed by atoms with Gasteiger partial charge in [0.15, 0.2) is 5.96 Å². The molecule has 0 amide bonds. The van der Waals surface area contributed by atoms with E-state index in [-0.39, 0.29) is 29.8 Å². The van der Waals surface area contributed by atoms with Crippen LogP contribution < -0.4 is 10.6 Å². The van der Waals surface area contributed by atoms with E-state index < -0.39 is 0 Å². The number of aromatic nitrogens is 1. The molecular formula is C22H33FIN5O. The highest BCUT2D eigenvalue weighted by Crippen LogP contribution is 2.19. The van der Waals surface area contributed by atoms with Gasteiger partial charge in [0, 0.05) is 44.7 Å². The van der Waals surface area contributed by atoms with Gasteiger partial charge >= 0.3 is 0 Å². The second-order valence-corrected chi connectivity index (χ2v) is 7.42. The van der Waals surface area contributed by atoms with Crippen LogP contribution in [0.3, 0.4) is 0 Å². The van der Waals surface area contributed by atoms with Crippen molar-refractivity contribution in [3.8, 4) is 11.5 Å². The number of hydrogen-bond acceptors (Lipinski definition) is 4. The largest absolute Gasteiger partial charge is 0.444 e. The van der Waals surface area contributed by atoms with Crippen LogP contribution in [0, 0.1) is 5.82 Å². The zero-order valence-corrected chi connectivity index (χ0v) is 20.2. The Morgan fingerprint density at radius 2 is 2.00 bits per heavy atom. The molecule has 2 N–H and O–H groups in total. The summed E-state index contributed by atoms with van der Waals surface area (Å²) >= 11 is 0. The molecule has 1 atom stereocenters. The van der Waals surface area contributed by atoms with E-state index >= 15 is 0 Å². The summed E-state index contributed by atoms with van der Waals surface area (Å²) < 4.78 is 18.6. The third-order valence-electron chi connectivity index (χ3n) is 5.45. The van der Waals surface area contributed by atoms with Crippen LogP contribution in [0.1, 0.15) is 38.3 Å². The second kappa shape index (κ2) is 12.9. The van der Waals surface area contributed by atoms with E-state index in [0.717, 1.165) is 42.8 Å². The zero-order valence-electron chi connectivity index (χ0n) is 17.9. The van der Waals surface area contributed by atoms with Gasteiger partial charge in [-0.3, -0.25) is 9.89 Å². The van der Waals surface area contributed by atoms with Gasteiger partial charge < -0.3 is 15.1 Å².